The molecule has 46 heavy (non-hydrogen) atoms. The van der Waals surface area contributed by atoms with Crippen molar-refractivity contribution in [2.24, 2.45) is 4.99 Å². The summed E-state index contributed by atoms with van der Waals surface area (Å²) in [6.07, 6.45) is 1.66. The van der Waals surface area contributed by atoms with E-state index in [9.17, 15) is 9.59 Å². The molecule has 0 N–H and O–H groups in total. The van der Waals surface area contributed by atoms with Crippen molar-refractivity contribution < 1.29 is 33.2 Å². The van der Waals surface area contributed by atoms with Crippen molar-refractivity contribution >= 4 is 23.4 Å². The lowest BCUT2D eigenvalue weighted by atomic mass is 9.95. The zero-order valence-electron chi connectivity index (χ0n) is 26.2. The molecule has 1 aromatic heterocycles. The lowest BCUT2D eigenvalue weighted by Gasteiger charge is -2.26. The summed E-state index contributed by atoms with van der Waals surface area (Å²) in [7, 11) is 1.57. The van der Waals surface area contributed by atoms with Gasteiger partial charge in [-0.25, -0.2) is 9.79 Å². The molecule has 0 bridgehead atoms. The van der Waals surface area contributed by atoms with Crippen LogP contribution in [0.25, 0.3) is 6.08 Å². The highest BCUT2D eigenvalue weighted by Crippen LogP contribution is 2.37. The number of para-hydroxylation sites is 1. The first-order chi connectivity index (χ1) is 22.3. The second-order valence-electron chi connectivity index (χ2n) is 10.9. The van der Waals surface area contributed by atoms with Crippen LogP contribution in [0.2, 0.25) is 0 Å². The highest BCUT2D eigenvalue weighted by Gasteiger charge is 2.35. The Labute approximate surface area is 269 Å². The smallest absolute Gasteiger partial charge is 0.338 e. The molecule has 11 heteroatoms. The average molecular weight is 643 g/mol. The van der Waals surface area contributed by atoms with Crippen LogP contribution in [0, 0.1) is 0 Å². The van der Waals surface area contributed by atoms with Gasteiger partial charge in [0.15, 0.2) is 27.8 Å². The van der Waals surface area contributed by atoms with Crippen LogP contribution >= 0.6 is 11.3 Å². The second-order valence-corrected chi connectivity index (χ2v) is 11.9. The Morgan fingerprint density at radius 1 is 1.07 bits per heavy atom. The van der Waals surface area contributed by atoms with Crippen molar-refractivity contribution in [1.82, 2.24) is 4.57 Å². The third-order valence-electron chi connectivity index (χ3n) is 7.41. The minimum Gasteiger partial charge on any atom is -0.493 e. The number of benzene rings is 3. The van der Waals surface area contributed by atoms with Gasteiger partial charge in [-0.1, -0.05) is 41.7 Å². The van der Waals surface area contributed by atoms with E-state index in [1.54, 1.807) is 37.7 Å². The molecule has 0 saturated carbocycles. The lowest BCUT2D eigenvalue weighted by molar-refractivity contribution is -0.139. The van der Waals surface area contributed by atoms with Gasteiger partial charge in [0, 0.05) is 5.56 Å². The van der Waals surface area contributed by atoms with Gasteiger partial charge in [-0.2, -0.15) is 0 Å². The molecule has 3 heterocycles. The molecule has 1 atom stereocenters. The van der Waals surface area contributed by atoms with Crippen LogP contribution in [0.5, 0.6) is 28.7 Å². The summed E-state index contributed by atoms with van der Waals surface area (Å²) >= 11 is 1.25. The maximum atomic E-state index is 14.1. The topological polar surface area (TPSA) is 107 Å². The zero-order valence-corrected chi connectivity index (χ0v) is 27.0. The normalized spacial score (nSPS) is 15.4. The number of thiazole rings is 1. The van der Waals surface area contributed by atoms with E-state index in [4.69, 9.17) is 28.4 Å². The number of fused-ring (bicyclic) bond motifs is 2. The number of allylic oxidation sites excluding steroid dienone is 1. The first-order valence-corrected chi connectivity index (χ1v) is 15.7. The number of ether oxygens (including phenoxy) is 6. The van der Waals surface area contributed by atoms with E-state index in [0.29, 0.717) is 61.5 Å². The van der Waals surface area contributed by atoms with Gasteiger partial charge in [-0.05, 0) is 75.2 Å². The van der Waals surface area contributed by atoms with Crippen LogP contribution in [0.15, 0.2) is 81.7 Å². The number of carbonyl (C=O) groups is 1. The highest BCUT2D eigenvalue weighted by molar-refractivity contribution is 7.07. The average Bonchev–Trinajstić information content (AvgIpc) is 3.63. The van der Waals surface area contributed by atoms with Crippen LogP contribution in [0.3, 0.4) is 0 Å². The minimum atomic E-state index is -0.783. The van der Waals surface area contributed by atoms with E-state index in [1.165, 1.54) is 11.3 Å². The Bertz CT molecular complexity index is 2010. The molecule has 6 rings (SSSR count). The molecule has 2 aliphatic rings. The van der Waals surface area contributed by atoms with Crippen molar-refractivity contribution in [3.8, 4) is 28.7 Å². The van der Waals surface area contributed by atoms with Gasteiger partial charge in [-0.3, -0.25) is 9.36 Å². The monoisotopic (exact) mass is 642 g/mol. The van der Waals surface area contributed by atoms with Gasteiger partial charge in [0.1, 0.15) is 18.4 Å². The van der Waals surface area contributed by atoms with E-state index in [2.05, 4.69) is 4.99 Å². The van der Waals surface area contributed by atoms with Gasteiger partial charge in [0.25, 0.3) is 5.56 Å². The van der Waals surface area contributed by atoms with Crippen molar-refractivity contribution in [2.75, 3.05) is 20.5 Å². The quantitative estimate of drug-likeness (QED) is 0.225. The van der Waals surface area contributed by atoms with Gasteiger partial charge in [0.2, 0.25) is 6.79 Å². The summed E-state index contributed by atoms with van der Waals surface area (Å²) in [6, 6.07) is 17.8. The van der Waals surface area contributed by atoms with E-state index < -0.39 is 12.0 Å². The molecule has 0 unspecified atom stereocenters. The number of methoxy groups -OCH3 is 1. The standard InChI is InChI=1S/C35H34N2O8S/c1-6-41-34(39)31-21(4)36-35-37(32(31)24-9-7-8-10-25(24)45-20(2)3)33(38)30(46-35)17-22-11-13-26(28(15-22)40-5)42-18-23-12-14-27-29(16-23)44-19-43-27/h7-17,20,32H,6,18-19H2,1-5H3/b30-17+/t32-/m1/s1. The largest absolute Gasteiger partial charge is 0.493 e. The third kappa shape index (κ3) is 6.10. The molecule has 238 valence electrons. The molecule has 0 radical (unpaired) electrons. The Balaban J connectivity index is 1.37. The molecule has 4 aromatic rings. The molecular formula is C35H34N2O8S. The summed E-state index contributed by atoms with van der Waals surface area (Å²) in [5.74, 6) is 2.52. The molecule has 0 amide bonds. The SMILES string of the molecule is CCOC(=O)C1=C(C)N=c2s/c(=C/c3ccc(OCc4ccc5c(c4)OCO5)c(OC)c3)c(=O)n2[C@@H]1c1ccccc1OC(C)C. The molecule has 0 spiro atoms. The van der Waals surface area contributed by atoms with E-state index in [-0.39, 0.29) is 25.1 Å². The molecular weight excluding hydrogens is 608 g/mol. The molecule has 0 aliphatic carbocycles. The Morgan fingerprint density at radius 2 is 1.87 bits per heavy atom. The summed E-state index contributed by atoms with van der Waals surface area (Å²) in [5, 5.41) is 0. The second kappa shape index (κ2) is 13.1. The van der Waals surface area contributed by atoms with Crippen LogP contribution in [-0.2, 0) is 16.1 Å². The van der Waals surface area contributed by atoms with Crippen molar-refractivity contribution in [1.29, 1.82) is 0 Å². The lowest BCUT2D eigenvalue weighted by Crippen LogP contribution is -2.40. The fourth-order valence-corrected chi connectivity index (χ4v) is 6.44. The molecule has 10 nitrogen and oxygen atoms in total. The van der Waals surface area contributed by atoms with E-state index in [1.807, 2.05) is 68.4 Å². The van der Waals surface area contributed by atoms with Gasteiger partial charge >= 0.3 is 5.97 Å². The fraction of sp³-hybridized carbons (Fsp3) is 0.286. The molecule has 3 aromatic carbocycles. The molecule has 0 saturated heterocycles. The predicted molar refractivity (Wildman–Crippen MR) is 172 cm³/mol. The van der Waals surface area contributed by atoms with Gasteiger partial charge < -0.3 is 28.4 Å². The molecule has 0 fully saturated rings. The van der Waals surface area contributed by atoms with Crippen molar-refractivity contribution in [2.45, 2.75) is 46.4 Å². The van der Waals surface area contributed by atoms with Crippen LogP contribution in [-0.4, -0.2) is 37.1 Å². The summed E-state index contributed by atoms with van der Waals surface area (Å²) in [5.41, 5.74) is 2.83. The van der Waals surface area contributed by atoms with Gasteiger partial charge in [0.05, 0.1) is 35.6 Å². The first-order valence-electron chi connectivity index (χ1n) is 14.9. The van der Waals surface area contributed by atoms with Gasteiger partial charge in [-0.15, -0.1) is 0 Å². The predicted octanol–water partition coefficient (Wildman–Crippen LogP) is 4.90. The van der Waals surface area contributed by atoms with E-state index in [0.717, 1.165) is 11.1 Å². The Morgan fingerprint density at radius 3 is 2.65 bits per heavy atom. The highest BCUT2D eigenvalue weighted by atomic mass is 32.1. The number of nitrogens with zero attached hydrogens (tertiary/aromatic N) is 2. The maximum absolute atomic E-state index is 14.1. The summed E-state index contributed by atoms with van der Waals surface area (Å²) < 4.78 is 36.1. The molecule has 2 aliphatic heterocycles. The Hall–Kier alpha value is -5.03. The number of aromatic nitrogens is 1. The van der Waals surface area contributed by atoms with Crippen LogP contribution < -0.4 is 38.6 Å². The van der Waals surface area contributed by atoms with Crippen LogP contribution in [0.1, 0.15) is 50.4 Å². The number of rotatable bonds is 10. The first kappa shape index (κ1) is 31.0. The number of carbonyl (C=O) groups excluding carboxylic acids is 1. The number of hydrogen-bond acceptors (Lipinski definition) is 10. The van der Waals surface area contributed by atoms with Crippen molar-refractivity contribution in [3.05, 3.63) is 108 Å². The Kier molecular flexibility index (Phi) is 8.85. The number of hydrogen-bond donors (Lipinski definition) is 0. The van der Waals surface area contributed by atoms with E-state index >= 15 is 0 Å². The summed E-state index contributed by atoms with van der Waals surface area (Å²) in [4.78, 5) is 32.6. The fourth-order valence-electron chi connectivity index (χ4n) is 5.39. The third-order valence-corrected chi connectivity index (χ3v) is 8.39. The number of esters is 1. The summed E-state index contributed by atoms with van der Waals surface area (Å²) in [6.45, 7) is 8.06. The zero-order chi connectivity index (χ0) is 32.4. The van der Waals surface area contributed by atoms with Crippen LogP contribution in [0.4, 0.5) is 0 Å². The van der Waals surface area contributed by atoms with Crippen molar-refractivity contribution in [3.63, 3.8) is 0 Å². The minimum absolute atomic E-state index is 0.118. The maximum Gasteiger partial charge on any atom is 0.338 e.